The van der Waals surface area contributed by atoms with Crippen molar-refractivity contribution in [1.29, 1.82) is 0 Å². The third kappa shape index (κ3) is 3.99. The lowest BCUT2D eigenvalue weighted by Crippen LogP contribution is -2.29. The number of benzene rings is 1. The summed E-state index contributed by atoms with van der Waals surface area (Å²) in [5.41, 5.74) is 5.18. The van der Waals surface area contributed by atoms with E-state index in [9.17, 15) is 8.78 Å². The number of fused-ring (bicyclic) bond motifs is 1. The minimum atomic E-state index is -0.596. The van der Waals surface area contributed by atoms with Crippen molar-refractivity contribution in [3.8, 4) is 22.3 Å². The van der Waals surface area contributed by atoms with Gasteiger partial charge in [-0.05, 0) is 49.7 Å². The molecule has 34 heavy (non-hydrogen) atoms. The number of H-pyrrole nitrogens is 1. The van der Waals surface area contributed by atoms with Crippen LogP contribution in [0.15, 0.2) is 61.4 Å². The maximum atomic E-state index is 13.5. The van der Waals surface area contributed by atoms with E-state index in [4.69, 9.17) is 0 Å². The maximum Gasteiger partial charge on any atom is 0.137 e. The smallest absolute Gasteiger partial charge is 0.137 e. The van der Waals surface area contributed by atoms with Gasteiger partial charge in [0.2, 0.25) is 0 Å². The van der Waals surface area contributed by atoms with Crippen LogP contribution in [0.25, 0.3) is 33.3 Å². The Hall–Kier alpha value is -3.85. The fourth-order valence-electron chi connectivity index (χ4n) is 4.64. The predicted octanol–water partition coefficient (Wildman–Crippen LogP) is 4.54. The molecule has 4 aromatic heterocycles. The van der Waals surface area contributed by atoms with Crippen molar-refractivity contribution in [2.75, 3.05) is 13.1 Å². The Balaban J connectivity index is 1.28. The highest BCUT2D eigenvalue weighted by atomic mass is 19.1. The number of nitrogens with zero attached hydrogens (tertiary/aromatic N) is 5. The first kappa shape index (κ1) is 20.7. The molecule has 1 fully saturated rings. The molecule has 0 amide bonds. The van der Waals surface area contributed by atoms with Gasteiger partial charge in [-0.1, -0.05) is 0 Å². The van der Waals surface area contributed by atoms with Gasteiger partial charge in [-0.3, -0.25) is 9.36 Å². The quantitative estimate of drug-likeness (QED) is 0.405. The molecule has 9 heteroatoms. The number of aromatic amines is 1. The van der Waals surface area contributed by atoms with Crippen molar-refractivity contribution in [3.05, 3.63) is 78.6 Å². The summed E-state index contributed by atoms with van der Waals surface area (Å²) in [4.78, 5) is 7.83. The number of halogens is 2. The van der Waals surface area contributed by atoms with E-state index < -0.39 is 11.6 Å². The zero-order chi connectivity index (χ0) is 23.1. The summed E-state index contributed by atoms with van der Waals surface area (Å²) < 4.78 is 30.8. The first-order valence-corrected chi connectivity index (χ1v) is 11.3. The van der Waals surface area contributed by atoms with Gasteiger partial charge in [-0.2, -0.15) is 10.2 Å². The van der Waals surface area contributed by atoms with Gasteiger partial charge in [0.1, 0.15) is 17.3 Å². The van der Waals surface area contributed by atoms with Gasteiger partial charge in [-0.25, -0.2) is 13.8 Å². The fraction of sp³-hybridized carbons (Fsp3) is 0.240. The van der Waals surface area contributed by atoms with Gasteiger partial charge in [0, 0.05) is 58.5 Å². The lowest BCUT2D eigenvalue weighted by atomic mass is 10.1. The van der Waals surface area contributed by atoms with Crippen LogP contribution in [-0.2, 0) is 6.54 Å². The number of hydrogen-bond donors (Lipinski definition) is 2. The van der Waals surface area contributed by atoms with Crippen LogP contribution < -0.4 is 5.32 Å². The van der Waals surface area contributed by atoms with Gasteiger partial charge < -0.3 is 10.3 Å². The second-order valence-electron chi connectivity index (χ2n) is 8.72. The Kier molecular flexibility index (Phi) is 5.18. The first-order chi connectivity index (χ1) is 16.6. The SMILES string of the molecule is Fc1cc(F)cc(Cn2cc(-c3c[nH]c4ncc(-c5cnn(C6CCNCC6)c5)cc34)cn2)c1. The summed E-state index contributed by atoms with van der Waals surface area (Å²) in [5.74, 6) is -1.19. The van der Waals surface area contributed by atoms with Gasteiger partial charge >= 0.3 is 0 Å². The van der Waals surface area contributed by atoms with Gasteiger partial charge in [-0.15, -0.1) is 0 Å². The maximum absolute atomic E-state index is 13.5. The van der Waals surface area contributed by atoms with Crippen LogP contribution in [0.2, 0.25) is 0 Å². The number of hydrogen-bond acceptors (Lipinski definition) is 4. The number of piperidine rings is 1. The molecule has 0 atom stereocenters. The van der Waals surface area contributed by atoms with Crippen molar-refractivity contribution in [2.45, 2.75) is 25.4 Å². The molecule has 172 valence electrons. The monoisotopic (exact) mass is 459 g/mol. The Morgan fingerprint density at radius 1 is 0.882 bits per heavy atom. The topological polar surface area (TPSA) is 76.3 Å². The number of aromatic nitrogens is 6. The second kappa shape index (κ2) is 8.49. The minimum absolute atomic E-state index is 0.274. The molecule has 2 N–H and O–H groups in total. The molecule has 5 aromatic rings. The minimum Gasteiger partial charge on any atom is -0.346 e. The van der Waals surface area contributed by atoms with Crippen LogP contribution in [-0.4, -0.2) is 42.6 Å². The van der Waals surface area contributed by atoms with Crippen molar-refractivity contribution in [3.63, 3.8) is 0 Å². The Morgan fingerprint density at radius 3 is 2.50 bits per heavy atom. The van der Waals surface area contributed by atoms with Crippen molar-refractivity contribution in [2.24, 2.45) is 0 Å². The summed E-state index contributed by atoms with van der Waals surface area (Å²) in [6.07, 6.45) is 13.5. The standard InChI is InChI=1S/C25H23F2N7/c26-20-5-16(6-21(27)8-20)13-33-14-19(11-31-33)24-12-30-25-23(24)7-17(9-29-25)18-10-32-34(15-18)22-1-3-28-4-2-22/h5-12,14-15,22,28H,1-4,13H2,(H,29,30). The average molecular weight is 460 g/mol. The van der Waals surface area contributed by atoms with Crippen LogP contribution >= 0.6 is 0 Å². The number of pyridine rings is 1. The molecule has 0 aliphatic carbocycles. The van der Waals surface area contributed by atoms with Crippen molar-refractivity contribution >= 4 is 11.0 Å². The zero-order valence-corrected chi connectivity index (χ0v) is 18.4. The lowest BCUT2D eigenvalue weighted by Gasteiger charge is -2.22. The molecular weight excluding hydrogens is 436 g/mol. The highest BCUT2D eigenvalue weighted by Gasteiger charge is 2.17. The van der Waals surface area contributed by atoms with E-state index in [1.54, 1.807) is 10.9 Å². The predicted molar refractivity (Wildman–Crippen MR) is 125 cm³/mol. The molecule has 0 bridgehead atoms. The average Bonchev–Trinajstić information content (AvgIpc) is 3.58. The van der Waals surface area contributed by atoms with Gasteiger partial charge in [0.05, 0.1) is 25.0 Å². The summed E-state index contributed by atoms with van der Waals surface area (Å²) in [5, 5.41) is 13.4. The van der Waals surface area contributed by atoms with Crippen LogP contribution in [0.5, 0.6) is 0 Å². The fourth-order valence-corrected chi connectivity index (χ4v) is 4.64. The Morgan fingerprint density at radius 2 is 1.68 bits per heavy atom. The summed E-state index contributed by atoms with van der Waals surface area (Å²) >= 11 is 0. The highest BCUT2D eigenvalue weighted by Crippen LogP contribution is 2.31. The molecule has 1 aliphatic rings. The molecular formula is C25H23F2N7. The van der Waals surface area contributed by atoms with Crippen LogP contribution in [0, 0.1) is 11.6 Å². The van der Waals surface area contributed by atoms with E-state index in [2.05, 4.69) is 42.4 Å². The van der Waals surface area contributed by atoms with Crippen LogP contribution in [0.1, 0.15) is 24.4 Å². The van der Waals surface area contributed by atoms with Crippen molar-refractivity contribution < 1.29 is 8.78 Å². The van der Waals surface area contributed by atoms with Crippen LogP contribution in [0.3, 0.4) is 0 Å². The van der Waals surface area contributed by atoms with Crippen LogP contribution in [0.4, 0.5) is 8.78 Å². The molecule has 5 heterocycles. The van der Waals surface area contributed by atoms with Gasteiger partial charge in [0.15, 0.2) is 0 Å². The van der Waals surface area contributed by atoms with E-state index in [0.717, 1.165) is 65.3 Å². The number of rotatable bonds is 5. The van der Waals surface area contributed by atoms with E-state index in [0.29, 0.717) is 11.6 Å². The Bertz CT molecular complexity index is 1440. The molecule has 7 nitrogen and oxygen atoms in total. The third-order valence-electron chi connectivity index (χ3n) is 6.36. The normalized spacial score (nSPS) is 14.8. The van der Waals surface area contributed by atoms with Gasteiger partial charge in [0.25, 0.3) is 0 Å². The lowest BCUT2D eigenvalue weighted by molar-refractivity contribution is 0.343. The third-order valence-corrected chi connectivity index (χ3v) is 6.36. The number of nitrogens with one attached hydrogen (secondary N) is 2. The molecule has 0 unspecified atom stereocenters. The summed E-state index contributed by atoms with van der Waals surface area (Å²) in [6.45, 7) is 2.31. The van der Waals surface area contributed by atoms with E-state index in [1.807, 2.05) is 24.8 Å². The second-order valence-corrected chi connectivity index (χ2v) is 8.72. The van der Waals surface area contributed by atoms with E-state index in [-0.39, 0.29) is 6.54 Å². The molecule has 1 saturated heterocycles. The summed E-state index contributed by atoms with van der Waals surface area (Å²) in [6, 6.07) is 6.03. The molecule has 1 aliphatic heterocycles. The molecule has 0 radical (unpaired) electrons. The molecule has 0 saturated carbocycles. The zero-order valence-electron chi connectivity index (χ0n) is 18.4. The molecule has 1 aromatic carbocycles. The van der Waals surface area contributed by atoms with Crippen molar-refractivity contribution in [1.82, 2.24) is 34.8 Å². The highest BCUT2D eigenvalue weighted by molar-refractivity contribution is 5.95. The van der Waals surface area contributed by atoms with E-state index in [1.165, 1.54) is 12.1 Å². The van der Waals surface area contributed by atoms with E-state index >= 15 is 0 Å². The first-order valence-electron chi connectivity index (χ1n) is 11.3. The molecule has 6 rings (SSSR count). The Labute approximate surface area is 194 Å². The summed E-state index contributed by atoms with van der Waals surface area (Å²) in [7, 11) is 0. The largest absolute Gasteiger partial charge is 0.346 e. The molecule has 0 spiro atoms.